The predicted molar refractivity (Wildman–Crippen MR) is 124 cm³/mol. The number of nitrogens with one attached hydrogen (secondary N) is 2. The van der Waals surface area contributed by atoms with Crippen molar-refractivity contribution < 1.29 is 19.1 Å². The second-order valence-corrected chi connectivity index (χ2v) is 8.59. The van der Waals surface area contributed by atoms with Crippen LogP contribution in [0.5, 0.6) is 11.5 Å². The third kappa shape index (κ3) is 6.59. The smallest absolute Gasteiger partial charge is 0.268 e. The Balaban J connectivity index is 1.77. The summed E-state index contributed by atoms with van der Waals surface area (Å²) in [5.41, 5.74) is 0.623. The van der Waals surface area contributed by atoms with Gasteiger partial charge in [-0.1, -0.05) is 38.2 Å². The molecule has 7 heteroatoms. The Morgan fingerprint density at radius 3 is 2.35 bits per heavy atom. The summed E-state index contributed by atoms with van der Waals surface area (Å²) in [6.45, 7) is 0. The van der Waals surface area contributed by atoms with Crippen LogP contribution in [-0.4, -0.2) is 32.1 Å². The van der Waals surface area contributed by atoms with Crippen molar-refractivity contribution in [3.05, 3.63) is 51.8 Å². The molecule has 0 radical (unpaired) electrons. The Hall–Kier alpha value is -2.80. The molecule has 2 amide bonds. The zero-order valence-corrected chi connectivity index (χ0v) is 18.9. The number of carbonyl (C=O) groups excluding carboxylic acids is 2. The van der Waals surface area contributed by atoms with E-state index in [4.69, 9.17) is 9.47 Å². The average Bonchev–Trinajstić information content (AvgIpc) is 3.27. The van der Waals surface area contributed by atoms with Crippen LogP contribution in [-0.2, 0) is 4.79 Å². The number of hydrogen-bond acceptors (Lipinski definition) is 5. The number of carbonyl (C=O) groups is 2. The molecular formula is C24H30N2O4S. The zero-order valence-electron chi connectivity index (χ0n) is 18.1. The minimum absolute atomic E-state index is 0.137. The molecule has 0 aliphatic heterocycles. The van der Waals surface area contributed by atoms with Crippen molar-refractivity contribution >= 4 is 29.2 Å². The maximum Gasteiger partial charge on any atom is 0.268 e. The molecular weight excluding hydrogens is 412 g/mol. The van der Waals surface area contributed by atoms with Crippen LogP contribution in [0.2, 0.25) is 0 Å². The van der Waals surface area contributed by atoms with Crippen molar-refractivity contribution in [3.8, 4) is 11.5 Å². The van der Waals surface area contributed by atoms with Crippen molar-refractivity contribution in [2.24, 2.45) is 0 Å². The van der Waals surface area contributed by atoms with Gasteiger partial charge < -0.3 is 20.1 Å². The number of amides is 2. The topological polar surface area (TPSA) is 76.7 Å². The molecule has 2 aromatic rings. The highest BCUT2D eigenvalue weighted by molar-refractivity contribution is 7.10. The molecule has 2 N–H and O–H groups in total. The van der Waals surface area contributed by atoms with Gasteiger partial charge >= 0.3 is 0 Å². The van der Waals surface area contributed by atoms with Crippen molar-refractivity contribution in [1.29, 1.82) is 0 Å². The van der Waals surface area contributed by atoms with Crippen LogP contribution in [0.15, 0.2) is 41.4 Å². The third-order valence-corrected chi connectivity index (χ3v) is 6.23. The van der Waals surface area contributed by atoms with Crippen molar-refractivity contribution in [1.82, 2.24) is 10.6 Å². The van der Waals surface area contributed by atoms with Crippen molar-refractivity contribution in [2.75, 3.05) is 14.2 Å². The standard InChI is InChI=1S/C24H30N2O4S/c1-29-21-13-12-17(15-22(21)30-2)23(27)26-20(16-19-11-8-14-31-19)24(28)25-18-9-6-4-3-5-7-10-18/h8,11-16,18H,3-7,9-10H2,1-2H3,(H,25,28)(H,26,27)/b20-16-. The molecule has 166 valence electrons. The van der Waals surface area contributed by atoms with E-state index < -0.39 is 0 Å². The number of thiophene rings is 1. The lowest BCUT2D eigenvalue weighted by Crippen LogP contribution is -2.40. The molecule has 1 fully saturated rings. The summed E-state index contributed by atoms with van der Waals surface area (Å²) in [5.74, 6) is 0.359. The van der Waals surface area contributed by atoms with Gasteiger partial charge in [-0.15, -0.1) is 11.3 Å². The number of rotatable bonds is 7. The van der Waals surface area contributed by atoms with E-state index in [-0.39, 0.29) is 23.6 Å². The second-order valence-electron chi connectivity index (χ2n) is 7.61. The van der Waals surface area contributed by atoms with E-state index in [0.717, 1.165) is 30.6 Å². The number of ether oxygens (including phenoxy) is 2. The molecule has 0 bridgehead atoms. The summed E-state index contributed by atoms with van der Waals surface area (Å²) in [4.78, 5) is 26.9. The normalized spacial score (nSPS) is 15.5. The predicted octanol–water partition coefficient (Wildman–Crippen LogP) is 4.77. The van der Waals surface area contributed by atoms with Gasteiger partial charge in [-0.3, -0.25) is 9.59 Å². The molecule has 31 heavy (non-hydrogen) atoms. The van der Waals surface area contributed by atoms with Gasteiger partial charge in [-0.2, -0.15) is 0 Å². The van der Waals surface area contributed by atoms with Crippen LogP contribution < -0.4 is 20.1 Å². The average molecular weight is 443 g/mol. The fourth-order valence-corrected chi connectivity index (χ4v) is 4.37. The van der Waals surface area contributed by atoms with E-state index in [9.17, 15) is 9.59 Å². The third-order valence-electron chi connectivity index (χ3n) is 5.41. The van der Waals surface area contributed by atoms with Crippen LogP contribution in [0.1, 0.15) is 60.2 Å². The molecule has 0 spiro atoms. The summed E-state index contributed by atoms with van der Waals surface area (Å²) in [7, 11) is 3.06. The molecule has 6 nitrogen and oxygen atoms in total. The Labute approximate surface area is 187 Å². The summed E-state index contributed by atoms with van der Waals surface area (Å²) >= 11 is 1.51. The van der Waals surface area contributed by atoms with E-state index in [2.05, 4.69) is 10.6 Å². The van der Waals surface area contributed by atoms with Gasteiger partial charge in [0.1, 0.15) is 5.70 Å². The monoisotopic (exact) mass is 442 g/mol. The zero-order chi connectivity index (χ0) is 22.1. The Morgan fingerprint density at radius 2 is 1.71 bits per heavy atom. The Bertz CT molecular complexity index is 900. The first-order valence-electron chi connectivity index (χ1n) is 10.7. The minimum Gasteiger partial charge on any atom is -0.493 e. The highest BCUT2D eigenvalue weighted by Gasteiger charge is 2.20. The lowest BCUT2D eigenvalue weighted by atomic mass is 9.96. The first kappa shape index (κ1) is 22.9. The van der Waals surface area contributed by atoms with Crippen LogP contribution in [0, 0.1) is 0 Å². The molecule has 1 aliphatic carbocycles. The number of methoxy groups -OCH3 is 2. The maximum absolute atomic E-state index is 13.1. The molecule has 1 aromatic carbocycles. The summed E-state index contributed by atoms with van der Waals surface area (Å²) in [6, 6.07) is 8.88. The fourth-order valence-electron chi connectivity index (χ4n) is 3.71. The fraction of sp³-hybridized carbons (Fsp3) is 0.417. The van der Waals surface area contributed by atoms with Gasteiger partial charge in [-0.05, 0) is 48.6 Å². The van der Waals surface area contributed by atoms with Crippen molar-refractivity contribution in [2.45, 2.75) is 51.0 Å². The van der Waals surface area contributed by atoms with Gasteiger partial charge in [-0.25, -0.2) is 0 Å². The summed E-state index contributed by atoms with van der Waals surface area (Å²) < 4.78 is 10.5. The molecule has 0 atom stereocenters. The van der Waals surface area contributed by atoms with E-state index in [0.29, 0.717) is 17.1 Å². The minimum atomic E-state index is -0.378. The van der Waals surface area contributed by atoms with Gasteiger partial charge in [0.2, 0.25) is 0 Å². The van der Waals surface area contributed by atoms with Gasteiger partial charge in [0, 0.05) is 16.5 Å². The van der Waals surface area contributed by atoms with E-state index in [1.54, 1.807) is 31.4 Å². The molecule has 1 aromatic heterocycles. The van der Waals surface area contributed by atoms with Crippen LogP contribution in [0.4, 0.5) is 0 Å². The van der Waals surface area contributed by atoms with Crippen molar-refractivity contribution in [3.63, 3.8) is 0 Å². The molecule has 1 aliphatic rings. The molecule has 0 saturated heterocycles. The van der Waals surface area contributed by atoms with E-state index in [1.807, 2.05) is 17.5 Å². The van der Waals surface area contributed by atoms with Crippen LogP contribution in [0.3, 0.4) is 0 Å². The largest absolute Gasteiger partial charge is 0.493 e. The maximum atomic E-state index is 13.1. The van der Waals surface area contributed by atoms with Crippen LogP contribution in [0.25, 0.3) is 6.08 Å². The lowest BCUT2D eigenvalue weighted by Gasteiger charge is -2.22. The Kier molecular flexibility index (Phi) is 8.53. The highest BCUT2D eigenvalue weighted by Crippen LogP contribution is 2.27. The van der Waals surface area contributed by atoms with Gasteiger partial charge in [0.05, 0.1) is 14.2 Å². The first-order valence-corrected chi connectivity index (χ1v) is 11.6. The second kappa shape index (κ2) is 11.6. The quantitative estimate of drug-likeness (QED) is 0.606. The highest BCUT2D eigenvalue weighted by atomic mass is 32.1. The molecule has 1 saturated carbocycles. The summed E-state index contributed by atoms with van der Waals surface area (Å²) in [6.07, 6.45) is 9.59. The SMILES string of the molecule is COc1ccc(C(=O)N/C(=C\c2cccs2)C(=O)NC2CCCCCCC2)cc1OC. The molecule has 3 rings (SSSR count). The number of benzene rings is 1. The lowest BCUT2D eigenvalue weighted by molar-refractivity contribution is -0.118. The number of hydrogen-bond donors (Lipinski definition) is 2. The van der Waals surface area contributed by atoms with E-state index in [1.165, 1.54) is 37.7 Å². The Morgan fingerprint density at radius 1 is 1.00 bits per heavy atom. The van der Waals surface area contributed by atoms with Crippen LogP contribution >= 0.6 is 11.3 Å². The molecule has 1 heterocycles. The first-order chi connectivity index (χ1) is 15.1. The molecule has 0 unspecified atom stereocenters. The van der Waals surface area contributed by atoms with Gasteiger partial charge in [0.15, 0.2) is 11.5 Å². The van der Waals surface area contributed by atoms with Gasteiger partial charge in [0.25, 0.3) is 11.8 Å². The van der Waals surface area contributed by atoms with E-state index >= 15 is 0 Å². The summed E-state index contributed by atoms with van der Waals surface area (Å²) in [5, 5.41) is 7.87.